The van der Waals surface area contributed by atoms with Gasteiger partial charge in [-0.05, 0) is 29.8 Å². The monoisotopic (exact) mass is 208 g/mol. The molecule has 0 saturated carbocycles. The molecule has 0 fully saturated rings. The maximum Gasteiger partial charge on any atom is 0.232 e. The van der Waals surface area contributed by atoms with Crippen LogP contribution in [0.15, 0.2) is 29.4 Å². The lowest BCUT2D eigenvalue weighted by Crippen LogP contribution is -2.28. The van der Waals surface area contributed by atoms with Crippen LogP contribution in [0.2, 0.25) is 0 Å². The van der Waals surface area contributed by atoms with Crippen molar-refractivity contribution in [2.45, 2.75) is 0 Å². The molecule has 0 bridgehead atoms. The third-order valence-corrected chi connectivity index (χ3v) is 1.86. The Morgan fingerprint density at radius 2 is 2.13 bits per heavy atom. The molecule has 0 N–H and O–H groups in total. The summed E-state index contributed by atoms with van der Waals surface area (Å²) in [5, 5.41) is 3.15. The van der Waals surface area contributed by atoms with Crippen LogP contribution in [0.4, 0.5) is 10.1 Å². The molecular formula is C9H9FN4O. The van der Waals surface area contributed by atoms with E-state index in [0.717, 1.165) is 0 Å². The van der Waals surface area contributed by atoms with E-state index in [1.165, 1.54) is 36.2 Å². The molecule has 0 atom stereocenters. The Balaban J connectivity index is 2.75. The van der Waals surface area contributed by atoms with Gasteiger partial charge in [-0.2, -0.15) is 0 Å². The first-order valence-electron chi connectivity index (χ1n) is 4.18. The van der Waals surface area contributed by atoms with Crippen LogP contribution >= 0.6 is 0 Å². The first-order chi connectivity index (χ1) is 7.15. The van der Waals surface area contributed by atoms with E-state index in [1.54, 1.807) is 0 Å². The molecule has 15 heavy (non-hydrogen) atoms. The molecule has 0 aliphatic rings. The minimum atomic E-state index is -0.366. The number of carbonyl (C=O) groups is 1. The van der Waals surface area contributed by atoms with E-state index in [4.69, 9.17) is 5.53 Å². The fraction of sp³-hybridized carbons (Fsp3) is 0.222. The normalized spacial score (nSPS) is 9.20. The van der Waals surface area contributed by atoms with Crippen molar-refractivity contribution in [2.75, 3.05) is 18.5 Å². The van der Waals surface area contributed by atoms with Gasteiger partial charge in [0.25, 0.3) is 0 Å². The van der Waals surface area contributed by atoms with Gasteiger partial charge < -0.3 is 4.90 Å². The summed E-state index contributed by atoms with van der Waals surface area (Å²) in [6, 6.07) is 5.46. The fourth-order valence-electron chi connectivity index (χ4n) is 1.01. The topological polar surface area (TPSA) is 69.1 Å². The van der Waals surface area contributed by atoms with Gasteiger partial charge in [0.2, 0.25) is 5.91 Å². The second-order valence-electron chi connectivity index (χ2n) is 2.82. The Bertz CT molecular complexity index is 397. The minimum Gasteiger partial charge on any atom is -0.315 e. The SMILES string of the molecule is CN(C(=O)CN=[N+]=[N-])c1ccc(F)cc1. The Labute approximate surface area is 85.7 Å². The third kappa shape index (κ3) is 2.96. The number of rotatable bonds is 3. The second kappa shape index (κ2) is 4.97. The Morgan fingerprint density at radius 1 is 1.53 bits per heavy atom. The van der Waals surface area contributed by atoms with Gasteiger partial charge >= 0.3 is 0 Å². The van der Waals surface area contributed by atoms with E-state index in [1.807, 2.05) is 0 Å². The van der Waals surface area contributed by atoms with Gasteiger partial charge in [0.1, 0.15) is 12.4 Å². The van der Waals surface area contributed by atoms with Gasteiger partial charge in [0.15, 0.2) is 0 Å². The number of nitrogens with zero attached hydrogens (tertiary/aromatic N) is 4. The fourth-order valence-corrected chi connectivity index (χ4v) is 1.01. The van der Waals surface area contributed by atoms with Crippen LogP contribution in [0.3, 0.4) is 0 Å². The lowest BCUT2D eigenvalue weighted by molar-refractivity contribution is -0.117. The molecule has 6 heteroatoms. The minimum absolute atomic E-state index is 0.246. The molecule has 1 aromatic rings. The van der Waals surface area contributed by atoms with Crippen LogP contribution < -0.4 is 4.90 Å². The van der Waals surface area contributed by atoms with Crippen LogP contribution in [0.25, 0.3) is 10.4 Å². The number of hydrogen-bond donors (Lipinski definition) is 0. The van der Waals surface area contributed by atoms with E-state index in [9.17, 15) is 9.18 Å². The molecule has 0 spiro atoms. The molecule has 1 aromatic carbocycles. The maximum absolute atomic E-state index is 12.6. The summed E-state index contributed by atoms with van der Waals surface area (Å²) in [5.74, 6) is -0.714. The molecule has 0 aromatic heterocycles. The maximum atomic E-state index is 12.6. The van der Waals surface area contributed by atoms with Gasteiger partial charge in [0, 0.05) is 17.6 Å². The van der Waals surface area contributed by atoms with Crippen LogP contribution in [-0.4, -0.2) is 19.5 Å². The molecule has 0 aliphatic heterocycles. The van der Waals surface area contributed by atoms with E-state index in [0.29, 0.717) is 5.69 Å². The van der Waals surface area contributed by atoms with Crippen molar-refractivity contribution in [2.24, 2.45) is 5.11 Å². The van der Waals surface area contributed by atoms with Crippen molar-refractivity contribution >= 4 is 11.6 Å². The van der Waals surface area contributed by atoms with Crippen molar-refractivity contribution in [3.63, 3.8) is 0 Å². The summed E-state index contributed by atoms with van der Waals surface area (Å²) in [4.78, 5) is 15.1. The van der Waals surface area contributed by atoms with Gasteiger partial charge in [-0.15, -0.1) is 0 Å². The van der Waals surface area contributed by atoms with Crippen molar-refractivity contribution in [1.29, 1.82) is 0 Å². The highest BCUT2D eigenvalue weighted by molar-refractivity contribution is 5.94. The number of likely N-dealkylation sites (N-methyl/N-ethyl adjacent to an activating group) is 1. The third-order valence-electron chi connectivity index (χ3n) is 1.86. The summed E-state index contributed by atoms with van der Waals surface area (Å²) in [5.41, 5.74) is 8.59. The van der Waals surface area contributed by atoms with Crippen molar-refractivity contribution < 1.29 is 9.18 Å². The number of benzene rings is 1. The summed E-state index contributed by atoms with van der Waals surface area (Å²) < 4.78 is 12.6. The van der Waals surface area contributed by atoms with Crippen molar-refractivity contribution in [3.05, 3.63) is 40.5 Å². The first-order valence-corrected chi connectivity index (χ1v) is 4.18. The molecule has 5 nitrogen and oxygen atoms in total. The summed E-state index contributed by atoms with van der Waals surface area (Å²) in [7, 11) is 1.53. The Morgan fingerprint density at radius 3 is 2.67 bits per heavy atom. The lowest BCUT2D eigenvalue weighted by atomic mass is 10.3. The molecule has 0 unspecified atom stereocenters. The predicted octanol–water partition coefficient (Wildman–Crippen LogP) is 2.10. The molecule has 1 rings (SSSR count). The molecule has 0 aliphatic carbocycles. The van der Waals surface area contributed by atoms with Gasteiger partial charge in [-0.3, -0.25) is 4.79 Å². The zero-order valence-corrected chi connectivity index (χ0v) is 8.09. The predicted molar refractivity (Wildman–Crippen MR) is 53.8 cm³/mol. The first kappa shape index (κ1) is 11.0. The highest BCUT2D eigenvalue weighted by Gasteiger charge is 2.09. The average Bonchev–Trinajstić information content (AvgIpc) is 2.26. The highest BCUT2D eigenvalue weighted by atomic mass is 19.1. The van der Waals surface area contributed by atoms with Crippen molar-refractivity contribution in [1.82, 2.24) is 0 Å². The zero-order chi connectivity index (χ0) is 11.3. The van der Waals surface area contributed by atoms with Crippen LogP contribution in [0, 0.1) is 5.82 Å². The van der Waals surface area contributed by atoms with Gasteiger partial charge in [0.05, 0.1) is 0 Å². The molecule has 0 heterocycles. The second-order valence-corrected chi connectivity index (χ2v) is 2.82. The molecule has 0 saturated heterocycles. The zero-order valence-electron chi connectivity index (χ0n) is 8.09. The Kier molecular flexibility index (Phi) is 3.65. The van der Waals surface area contributed by atoms with Crippen molar-refractivity contribution in [3.8, 4) is 0 Å². The quantitative estimate of drug-likeness (QED) is 0.426. The molecule has 1 amide bonds. The summed E-state index contributed by atoms with van der Waals surface area (Å²) in [6.07, 6.45) is 0. The smallest absolute Gasteiger partial charge is 0.232 e. The summed E-state index contributed by atoms with van der Waals surface area (Å²) >= 11 is 0. The number of carbonyl (C=O) groups excluding carboxylic acids is 1. The summed E-state index contributed by atoms with van der Waals surface area (Å²) in [6.45, 7) is -0.246. The van der Waals surface area contributed by atoms with Crippen LogP contribution in [0.5, 0.6) is 0 Å². The van der Waals surface area contributed by atoms with E-state index < -0.39 is 0 Å². The number of hydrogen-bond acceptors (Lipinski definition) is 2. The number of anilines is 1. The van der Waals surface area contributed by atoms with Gasteiger partial charge in [-0.1, -0.05) is 5.11 Å². The van der Waals surface area contributed by atoms with E-state index in [2.05, 4.69) is 10.0 Å². The molecule has 0 radical (unpaired) electrons. The number of azide groups is 1. The van der Waals surface area contributed by atoms with E-state index in [-0.39, 0.29) is 18.3 Å². The van der Waals surface area contributed by atoms with Crippen LogP contribution in [-0.2, 0) is 4.79 Å². The van der Waals surface area contributed by atoms with Crippen LogP contribution in [0.1, 0.15) is 0 Å². The standard InChI is InChI=1S/C9H9FN4O/c1-14(9(15)6-12-13-11)8-4-2-7(10)3-5-8/h2-5H,6H2,1H3. The lowest BCUT2D eigenvalue weighted by Gasteiger charge is -2.15. The molecule has 78 valence electrons. The number of amides is 1. The van der Waals surface area contributed by atoms with E-state index >= 15 is 0 Å². The largest absolute Gasteiger partial charge is 0.315 e. The highest BCUT2D eigenvalue weighted by Crippen LogP contribution is 2.13. The molecular weight excluding hydrogens is 199 g/mol. The number of halogens is 1. The van der Waals surface area contributed by atoms with Gasteiger partial charge in [-0.25, -0.2) is 4.39 Å². The average molecular weight is 208 g/mol. The Hall–Kier alpha value is -2.07.